The summed E-state index contributed by atoms with van der Waals surface area (Å²) in [6, 6.07) is 9.79. The number of esters is 1. The predicted octanol–water partition coefficient (Wildman–Crippen LogP) is 4.63. The maximum Gasteiger partial charge on any atom is 0.309 e. The fraction of sp³-hybridized carbons (Fsp3) is 0.588. The third-order valence-electron chi connectivity index (χ3n) is 4.49. The number of nitrogens with zero attached hydrogens (tertiary/aromatic N) is 3. The Labute approximate surface area is 131 Å². The second-order valence-corrected chi connectivity index (χ2v) is 5.89. The molecule has 0 radical (unpaired) electrons. The summed E-state index contributed by atoms with van der Waals surface area (Å²) in [6.45, 7) is 2.38. The standard InChI is InChI=1S/C17H23N3O2/c1-2-16(19-20-18)14-8-10-15(11-9-14)17(21)22-12-13-6-4-3-5-7-13/h3-7,14-16H,2,8-12H2,1H3. The number of carbonyl (C=O) groups excluding carboxylic acids is 1. The van der Waals surface area contributed by atoms with Crippen molar-refractivity contribution in [2.24, 2.45) is 17.0 Å². The van der Waals surface area contributed by atoms with Crippen LogP contribution in [0.4, 0.5) is 0 Å². The molecule has 0 saturated heterocycles. The summed E-state index contributed by atoms with van der Waals surface area (Å²) in [5, 5.41) is 3.88. The van der Waals surface area contributed by atoms with E-state index in [1.807, 2.05) is 37.3 Å². The molecule has 0 aliphatic heterocycles. The van der Waals surface area contributed by atoms with Gasteiger partial charge in [-0.2, -0.15) is 0 Å². The molecule has 1 atom stereocenters. The van der Waals surface area contributed by atoms with Crippen LogP contribution in [0.3, 0.4) is 0 Å². The van der Waals surface area contributed by atoms with Crippen LogP contribution >= 0.6 is 0 Å². The molecule has 1 aliphatic carbocycles. The van der Waals surface area contributed by atoms with Crippen molar-refractivity contribution in [2.45, 2.75) is 51.7 Å². The van der Waals surface area contributed by atoms with E-state index in [0.717, 1.165) is 37.7 Å². The van der Waals surface area contributed by atoms with Crippen LogP contribution in [0.25, 0.3) is 10.4 Å². The van der Waals surface area contributed by atoms with Crippen LogP contribution in [-0.4, -0.2) is 12.0 Å². The molecule has 1 aromatic carbocycles. The molecule has 0 aromatic heterocycles. The first-order valence-electron chi connectivity index (χ1n) is 7.99. The van der Waals surface area contributed by atoms with Crippen LogP contribution in [0.15, 0.2) is 35.4 Å². The Morgan fingerprint density at radius 2 is 2.00 bits per heavy atom. The molecule has 22 heavy (non-hydrogen) atoms. The van der Waals surface area contributed by atoms with E-state index in [1.165, 1.54) is 0 Å². The van der Waals surface area contributed by atoms with Gasteiger partial charge in [-0.1, -0.05) is 42.4 Å². The third kappa shape index (κ3) is 4.50. The van der Waals surface area contributed by atoms with Crippen molar-refractivity contribution in [1.82, 2.24) is 0 Å². The van der Waals surface area contributed by atoms with Gasteiger partial charge < -0.3 is 4.74 Å². The second kappa shape index (κ2) is 8.44. The molecule has 1 unspecified atom stereocenters. The predicted molar refractivity (Wildman–Crippen MR) is 84.9 cm³/mol. The van der Waals surface area contributed by atoms with Crippen molar-refractivity contribution in [3.05, 3.63) is 46.3 Å². The average molecular weight is 301 g/mol. The van der Waals surface area contributed by atoms with E-state index in [9.17, 15) is 4.79 Å². The SMILES string of the molecule is CCC(N=[N+]=[N-])C1CCC(C(=O)OCc2ccccc2)CC1. The number of benzene rings is 1. The van der Waals surface area contributed by atoms with Crippen molar-refractivity contribution in [3.63, 3.8) is 0 Å². The zero-order valence-corrected chi connectivity index (χ0v) is 13.0. The van der Waals surface area contributed by atoms with Crippen LogP contribution < -0.4 is 0 Å². The highest BCUT2D eigenvalue weighted by Crippen LogP contribution is 2.33. The maximum absolute atomic E-state index is 12.1. The molecule has 0 heterocycles. The number of carbonyl (C=O) groups is 1. The minimum Gasteiger partial charge on any atom is -0.461 e. The summed E-state index contributed by atoms with van der Waals surface area (Å²) in [7, 11) is 0. The van der Waals surface area contributed by atoms with Gasteiger partial charge in [-0.05, 0) is 49.1 Å². The zero-order chi connectivity index (χ0) is 15.8. The highest BCUT2D eigenvalue weighted by atomic mass is 16.5. The largest absolute Gasteiger partial charge is 0.461 e. The lowest BCUT2D eigenvalue weighted by Gasteiger charge is -2.30. The Kier molecular flexibility index (Phi) is 6.28. The summed E-state index contributed by atoms with van der Waals surface area (Å²) in [5.74, 6) is 0.293. The number of hydrogen-bond acceptors (Lipinski definition) is 3. The van der Waals surface area contributed by atoms with Crippen molar-refractivity contribution in [1.29, 1.82) is 0 Å². The first kappa shape index (κ1) is 16.4. The molecule has 5 heteroatoms. The highest BCUT2D eigenvalue weighted by molar-refractivity contribution is 5.72. The van der Waals surface area contributed by atoms with E-state index < -0.39 is 0 Å². The summed E-state index contributed by atoms with van der Waals surface area (Å²) < 4.78 is 5.42. The molecule has 1 aliphatic rings. The van der Waals surface area contributed by atoms with Gasteiger partial charge in [0.15, 0.2) is 0 Å². The Hall–Kier alpha value is -2.00. The molecule has 1 saturated carbocycles. The smallest absolute Gasteiger partial charge is 0.309 e. The van der Waals surface area contributed by atoms with Crippen molar-refractivity contribution in [3.8, 4) is 0 Å². The number of ether oxygens (including phenoxy) is 1. The molecule has 0 amide bonds. The fourth-order valence-corrected chi connectivity index (χ4v) is 3.16. The normalized spacial score (nSPS) is 22.4. The molecular formula is C17H23N3O2. The maximum atomic E-state index is 12.1. The van der Waals surface area contributed by atoms with E-state index in [4.69, 9.17) is 10.3 Å². The van der Waals surface area contributed by atoms with E-state index in [1.54, 1.807) is 0 Å². The molecule has 0 N–H and O–H groups in total. The van der Waals surface area contributed by atoms with Crippen LogP contribution in [0.5, 0.6) is 0 Å². The Bertz CT molecular complexity index is 518. The van der Waals surface area contributed by atoms with Crippen molar-refractivity contribution in [2.75, 3.05) is 0 Å². The summed E-state index contributed by atoms with van der Waals surface area (Å²) >= 11 is 0. The van der Waals surface area contributed by atoms with Gasteiger partial charge in [-0.3, -0.25) is 4.79 Å². The van der Waals surface area contributed by atoms with E-state index in [-0.39, 0.29) is 17.9 Å². The molecule has 0 bridgehead atoms. The molecule has 118 valence electrons. The molecule has 2 rings (SSSR count). The molecule has 0 spiro atoms. The minimum absolute atomic E-state index is 0.0106. The van der Waals surface area contributed by atoms with Crippen molar-refractivity contribution >= 4 is 5.97 Å². The molecule has 1 fully saturated rings. The highest BCUT2D eigenvalue weighted by Gasteiger charge is 2.30. The zero-order valence-electron chi connectivity index (χ0n) is 13.0. The van der Waals surface area contributed by atoms with Gasteiger partial charge in [0.1, 0.15) is 6.61 Å². The second-order valence-electron chi connectivity index (χ2n) is 5.89. The first-order valence-corrected chi connectivity index (χ1v) is 7.99. The number of azide groups is 1. The van der Waals surface area contributed by atoms with Crippen LogP contribution in [0.1, 0.15) is 44.6 Å². The number of rotatable bonds is 6. The van der Waals surface area contributed by atoms with Gasteiger partial charge in [0.25, 0.3) is 0 Å². The lowest BCUT2D eigenvalue weighted by Crippen LogP contribution is -2.28. The van der Waals surface area contributed by atoms with Gasteiger partial charge in [0.2, 0.25) is 0 Å². The first-order chi connectivity index (χ1) is 10.7. The van der Waals surface area contributed by atoms with E-state index >= 15 is 0 Å². The van der Waals surface area contributed by atoms with Crippen LogP contribution in [0.2, 0.25) is 0 Å². The Morgan fingerprint density at radius 3 is 2.59 bits per heavy atom. The van der Waals surface area contributed by atoms with Crippen LogP contribution in [0, 0.1) is 11.8 Å². The van der Waals surface area contributed by atoms with Crippen LogP contribution in [-0.2, 0) is 16.1 Å². The topological polar surface area (TPSA) is 75.1 Å². The Balaban J connectivity index is 1.78. The van der Waals surface area contributed by atoms with Crippen molar-refractivity contribution < 1.29 is 9.53 Å². The van der Waals surface area contributed by atoms with E-state index in [2.05, 4.69) is 10.0 Å². The summed E-state index contributed by atoms with van der Waals surface area (Å²) in [4.78, 5) is 15.1. The van der Waals surface area contributed by atoms with Gasteiger partial charge in [-0.15, -0.1) is 0 Å². The minimum atomic E-state index is -0.0980. The monoisotopic (exact) mass is 301 g/mol. The lowest BCUT2D eigenvalue weighted by molar-refractivity contribution is -0.151. The fourth-order valence-electron chi connectivity index (χ4n) is 3.16. The lowest BCUT2D eigenvalue weighted by atomic mass is 9.78. The number of hydrogen-bond donors (Lipinski definition) is 0. The van der Waals surface area contributed by atoms with Gasteiger partial charge >= 0.3 is 5.97 Å². The Morgan fingerprint density at radius 1 is 1.32 bits per heavy atom. The van der Waals surface area contributed by atoms with Gasteiger partial charge in [-0.25, -0.2) is 0 Å². The van der Waals surface area contributed by atoms with Gasteiger partial charge in [0, 0.05) is 11.0 Å². The third-order valence-corrected chi connectivity index (χ3v) is 4.49. The summed E-state index contributed by atoms with van der Waals surface area (Å²) in [5.41, 5.74) is 9.61. The quantitative estimate of drug-likeness (QED) is 0.332. The summed E-state index contributed by atoms with van der Waals surface area (Å²) in [6.07, 6.45) is 4.38. The molecular weight excluding hydrogens is 278 g/mol. The van der Waals surface area contributed by atoms with E-state index in [0.29, 0.717) is 12.5 Å². The molecule has 5 nitrogen and oxygen atoms in total. The molecule has 1 aromatic rings. The average Bonchev–Trinajstić information content (AvgIpc) is 2.58. The van der Waals surface area contributed by atoms with Gasteiger partial charge in [0.05, 0.1) is 5.92 Å².